The third kappa shape index (κ3) is 1.43. The maximum absolute atomic E-state index is 5.20. The standard InChI is InChI=1S/C9H9BrN2O2/c1-13-5-3-6-8(7(4-5)14-2)12-9(10)11-6/h3-4H,1-2H3,(H,11,12). The molecule has 2 aromatic rings. The van der Waals surface area contributed by atoms with Gasteiger partial charge in [0.1, 0.15) is 17.0 Å². The van der Waals surface area contributed by atoms with E-state index in [4.69, 9.17) is 9.47 Å². The fourth-order valence-electron chi connectivity index (χ4n) is 1.30. The summed E-state index contributed by atoms with van der Waals surface area (Å²) >= 11 is 3.27. The molecule has 0 spiro atoms. The topological polar surface area (TPSA) is 47.1 Å². The molecule has 0 fully saturated rings. The minimum Gasteiger partial charge on any atom is -0.497 e. The highest BCUT2D eigenvalue weighted by Gasteiger charge is 2.08. The molecule has 0 radical (unpaired) electrons. The van der Waals surface area contributed by atoms with Crippen molar-refractivity contribution in [3.8, 4) is 11.5 Å². The molecule has 5 heteroatoms. The van der Waals surface area contributed by atoms with Crippen LogP contribution in [0.2, 0.25) is 0 Å². The number of H-pyrrole nitrogens is 1. The van der Waals surface area contributed by atoms with Gasteiger partial charge in [0.2, 0.25) is 0 Å². The predicted octanol–water partition coefficient (Wildman–Crippen LogP) is 2.34. The van der Waals surface area contributed by atoms with Crippen LogP contribution >= 0.6 is 15.9 Å². The largest absolute Gasteiger partial charge is 0.497 e. The number of ether oxygens (including phenoxy) is 2. The first-order chi connectivity index (χ1) is 6.74. The molecule has 0 aliphatic rings. The maximum Gasteiger partial charge on any atom is 0.175 e. The van der Waals surface area contributed by atoms with Crippen LogP contribution in [0.15, 0.2) is 16.9 Å². The molecule has 1 aromatic heterocycles. The molecule has 0 saturated heterocycles. The Bertz CT molecular complexity index is 467. The zero-order valence-electron chi connectivity index (χ0n) is 7.80. The first-order valence-corrected chi connectivity index (χ1v) is 4.81. The second kappa shape index (κ2) is 3.49. The zero-order chi connectivity index (χ0) is 10.1. The van der Waals surface area contributed by atoms with Gasteiger partial charge in [0.25, 0.3) is 0 Å². The summed E-state index contributed by atoms with van der Waals surface area (Å²) in [6, 6.07) is 3.67. The Hall–Kier alpha value is -1.23. The number of halogens is 1. The number of hydrogen-bond acceptors (Lipinski definition) is 3. The Morgan fingerprint density at radius 3 is 2.71 bits per heavy atom. The lowest BCUT2D eigenvalue weighted by Gasteiger charge is -2.03. The third-order valence-corrected chi connectivity index (χ3v) is 2.33. The van der Waals surface area contributed by atoms with Crippen molar-refractivity contribution in [3.05, 3.63) is 16.9 Å². The lowest BCUT2D eigenvalue weighted by atomic mass is 10.3. The van der Waals surface area contributed by atoms with E-state index >= 15 is 0 Å². The van der Waals surface area contributed by atoms with Crippen LogP contribution in [0, 0.1) is 0 Å². The van der Waals surface area contributed by atoms with E-state index in [9.17, 15) is 0 Å². The van der Waals surface area contributed by atoms with E-state index in [0.717, 1.165) is 16.8 Å². The number of rotatable bonds is 2. The van der Waals surface area contributed by atoms with E-state index in [2.05, 4.69) is 25.9 Å². The second-order valence-electron chi connectivity index (χ2n) is 2.75. The highest BCUT2D eigenvalue weighted by atomic mass is 79.9. The van der Waals surface area contributed by atoms with Gasteiger partial charge in [-0.25, -0.2) is 4.98 Å². The molecule has 4 nitrogen and oxygen atoms in total. The van der Waals surface area contributed by atoms with Crippen molar-refractivity contribution in [1.82, 2.24) is 9.97 Å². The molecule has 74 valence electrons. The van der Waals surface area contributed by atoms with Gasteiger partial charge >= 0.3 is 0 Å². The minimum atomic E-state index is 0.680. The van der Waals surface area contributed by atoms with Gasteiger partial charge in [-0.3, -0.25) is 0 Å². The predicted molar refractivity (Wildman–Crippen MR) is 56.9 cm³/mol. The Kier molecular flexibility index (Phi) is 2.33. The van der Waals surface area contributed by atoms with Crippen molar-refractivity contribution < 1.29 is 9.47 Å². The average molecular weight is 257 g/mol. The van der Waals surface area contributed by atoms with Crippen LogP contribution in [0.1, 0.15) is 0 Å². The smallest absolute Gasteiger partial charge is 0.175 e. The molecule has 0 bridgehead atoms. The number of imidazole rings is 1. The van der Waals surface area contributed by atoms with Gasteiger partial charge in [0.15, 0.2) is 4.73 Å². The molecule has 0 aliphatic heterocycles. The molecule has 14 heavy (non-hydrogen) atoms. The number of nitrogens with one attached hydrogen (secondary N) is 1. The van der Waals surface area contributed by atoms with Crippen LogP contribution in [0.4, 0.5) is 0 Å². The van der Waals surface area contributed by atoms with Gasteiger partial charge in [-0.15, -0.1) is 0 Å². The molecule has 0 aliphatic carbocycles. The molecule has 1 N–H and O–H groups in total. The molecular formula is C9H9BrN2O2. The minimum absolute atomic E-state index is 0.680. The molecule has 0 atom stereocenters. The van der Waals surface area contributed by atoms with Gasteiger partial charge in [-0.2, -0.15) is 0 Å². The zero-order valence-corrected chi connectivity index (χ0v) is 9.38. The van der Waals surface area contributed by atoms with Crippen molar-refractivity contribution >= 4 is 27.0 Å². The normalized spacial score (nSPS) is 10.5. The lowest BCUT2D eigenvalue weighted by Crippen LogP contribution is -1.88. The van der Waals surface area contributed by atoms with E-state index < -0.39 is 0 Å². The van der Waals surface area contributed by atoms with Crippen LogP contribution in [-0.2, 0) is 0 Å². The number of nitrogens with zero attached hydrogens (tertiary/aromatic N) is 1. The number of methoxy groups -OCH3 is 2. The van der Waals surface area contributed by atoms with E-state index in [-0.39, 0.29) is 0 Å². The summed E-state index contributed by atoms with van der Waals surface area (Å²) in [5.41, 5.74) is 1.67. The van der Waals surface area contributed by atoms with Gasteiger partial charge in [0, 0.05) is 12.1 Å². The third-order valence-electron chi connectivity index (χ3n) is 1.95. The Balaban J connectivity index is 2.72. The Labute approximate surface area is 89.4 Å². The number of fused-ring (bicyclic) bond motifs is 1. The number of benzene rings is 1. The van der Waals surface area contributed by atoms with E-state index in [1.165, 1.54) is 0 Å². The number of hydrogen-bond donors (Lipinski definition) is 1. The van der Waals surface area contributed by atoms with Gasteiger partial charge < -0.3 is 14.5 Å². The summed E-state index contributed by atoms with van der Waals surface area (Å²) in [5.74, 6) is 1.44. The molecule has 1 aromatic carbocycles. The van der Waals surface area contributed by atoms with Crippen molar-refractivity contribution in [2.45, 2.75) is 0 Å². The number of aromatic nitrogens is 2. The maximum atomic E-state index is 5.20. The summed E-state index contributed by atoms with van der Waals surface area (Å²) in [5, 5.41) is 0. The van der Waals surface area contributed by atoms with Crippen molar-refractivity contribution in [2.75, 3.05) is 14.2 Å². The van der Waals surface area contributed by atoms with Gasteiger partial charge in [-0.05, 0) is 15.9 Å². The van der Waals surface area contributed by atoms with E-state index in [1.54, 1.807) is 20.3 Å². The molecule has 2 rings (SSSR count). The fraction of sp³-hybridized carbons (Fsp3) is 0.222. The molecular weight excluding hydrogens is 248 g/mol. The lowest BCUT2D eigenvalue weighted by molar-refractivity contribution is 0.397. The van der Waals surface area contributed by atoms with E-state index in [1.807, 2.05) is 6.07 Å². The molecule has 0 amide bonds. The SMILES string of the molecule is COc1cc(OC)c2nc(Br)[nH]c2c1. The van der Waals surface area contributed by atoms with Crippen LogP contribution in [0.3, 0.4) is 0 Å². The summed E-state index contributed by atoms with van der Waals surface area (Å²) in [6.07, 6.45) is 0. The van der Waals surface area contributed by atoms with Gasteiger partial charge in [-0.1, -0.05) is 0 Å². The van der Waals surface area contributed by atoms with Crippen LogP contribution in [-0.4, -0.2) is 24.2 Å². The second-order valence-corrected chi connectivity index (χ2v) is 3.50. The van der Waals surface area contributed by atoms with Crippen LogP contribution < -0.4 is 9.47 Å². The first kappa shape index (κ1) is 9.33. The quantitative estimate of drug-likeness (QED) is 0.898. The highest BCUT2D eigenvalue weighted by Crippen LogP contribution is 2.30. The first-order valence-electron chi connectivity index (χ1n) is 4.02. The highest BCUT2D eigenvalue weighted by molar-refractivity contribution is 9.10. The van der Waals surface area contributed by atoms with Gasteiger partial charge in [0.05, 0.1) is 19.7 Å². The van der Waals surface area contributed by atoms with E-state index in [0.29, 0.717) is 10.5 Å². The van der Waals surface area contributed by atoms with Crippen LogP contribution in [0.25, 0.3) is 11.0 Å². The van der Waals surface area contributed by atoms with Crippen LogP contribution in [0.5, 0.6) is 11.5 Å². The molecule has 0 saturated carbocycles. The summed E-state index contributed by atoms with van der Waals surface area (Å²) in [7, 11) is 3.23. The summed E-state index contributed by atoms with van der Waals surface area (Å²) < 4.78 is 11.0. The Morgan fingerprint density at radius 1 is 1.29 bits per heavy atom. The van der Waals surface area contributed by atoms with Crippen molar-refractivity contribution in [2.24, 2.45) is 0 Å². The fourth-order valence-corrected chi connectivity index (χ4v) is 1.69. The average Bonchev–Trinajstić information content (AvgIpc) is 2.56. The number of aromatic amines is 1. The summed E-state index contributed by atoms with van der Waals surface area (Å²) in [4.78, 5) is 7.29. The van der Waals surface area contributed by atoms with Crippen molar-refractivity contribution in [1.29, 1.82) is 0 Å². The monoisotopic (exact) mass is 256 g/mol. The Morgan fingerprint density at radius 2 is 2.07 bits per heavy atom. The molecule has 1 heterocycles. The summed E-state index contributed by atoms with van der Waals surface area (Å²) in [6.45, 7) is 0. The van der Waals surface area contributed by atoms with Crippen molar-refractivity contribution in [3.63, 3.8) is 0 Å². The molecule has 0 unspecified atom stereocenters.